The number of amides is 1. The molecule has 0 saturated carbocycles. The molecule has 0 saturated heterocycles. The van der Waals surface area contributed by atoms with Crippen molar-refractivity contribution >= 4 is 44.4 Å². The highest BCUT2D eigenvalue weighted by Gasteiger charge is 2.14. The number of aromatic nitrogens is 1. The lowest BCUT2D eigenvalue weighted by Gasteiger charge is -2.04. The van der Waals surface area contributed by atoms with Crippen molar-refractivity contribution in [2.75, 3.05) is 5.32 Å². The minimum Gasteiger partial charge on any atom is -0.451 e. The second-order valence-electron chi connectivity index (χ2n) is 7.34. The quantitative estimate of drug-likeness (QED) is 0.359. The van der Waals surface area contributed by atoms with Crippen LogP contribution in [0.3, 0.4) is 0 Å². The molecule has 0 fully saturated rings. The molecular formula is C26H16N2O3. The van der Waals surface area contributed by atoms with Crippen LogP contribution in [0.25, 0.3) is 44.3 Å². The summed E-state index contributed by atoms with van der Waals surface area (Å²) in [6.07, 6.45) is 0. The smallest absolute Gasteiger partial charge is 0.291 e. The van der Waals surface area contributed by atoms with Gasteiger partial charge in [0.1, 0.15) is 11.1 Å². The normalized spacial score (nSPS) is 11.4. The first-order chi connectivity index (χ1) is 15.2. The van der Waals surface area contributed by atoms with Gasteiger partial charge in [0.25, 0.3) is 5.91 Å². The average Bonchev–Trinajstić information content (AvgIpc) is 3.44. The number of nitrogens with zero attached hydrogens (tertiary/aromatic N) is 1. The number of fused-ring (bicyclic) bond motifs is 4. The molecule has 0 aliphatic heterocycles. The minimum absolute atomic E-state index is 0.264. The predicted octanol–water partition coefficient (Wildman–Crippen LogP) is 6.65. The third-order valence-electron chi connectivity index (χ3n) is 5.30. The van der Waals surface area contributed by atoms with Gasteiger partial charge in [-0.2, -0.15) is 0 Å². The van der Waals surface area contributed by atoms with E-state index in [1.165, 1.54) is 0 Å². The van der Waals surface area contributed by atoms with E-state index in [4.69, 9.17) is 13.8 Å². The van der Waals surface area contributed by atoms with Crippen LogP contribution in [0, 0.1) is 0 Å². The van der Waals surface area contributed by atoms with Crippen molar-refractivity contribution in [3.8, 4) is 11.5 Å². The zero-order chi connectivity index (χ0) is 20.8. The van der Waals surface area contributed by atoms with Crippen molar-refractivity contribution in [1.82, 2.24) is 4.98 Å². The van der Waals surface area contributed by atoms with Crippen molar-refractivity contribution in [2.45, 2.75) is 0 Å². The standard InChI is InChI=1S/C26H16N2O3/c29-25(23-15-17-7-2-4-11-21(17)30-23)27-19-9-5-8-18(14-19)26-28-24-20-10-3-1-6-16(20)12-13-22(24)31-26/h1-15H,(H,27,29). The number of anilines is 1. The molecule has 148 valence electrons. The number of hydrogen-bond acceptors (Lipinski definition) is 4. The molecule has 0 spiro atoms. The maximum absolute atomic E-state index is 12.7. The SMILES string of the molecule is O=C(Nc1cccc(-c2nc3c(ccc4ccccc43)o2)c1)c1cc2ccccc2o1. The lowest BCUT2D eigenvalue weighted by Crippen LogP contribution is -2.10. The molecule has 4 aromatic carbocycles. The predicted molar refractivity (Wildman–Crippen MR) is 121 cm³/mol. The number of para-hydroxylation sites is 1. The Morgan fingerprint density at radius 1 is 0.742 bits per heavy atom. The van der Waals surface area contributed by atoms with E-state index in [2.05, 4.69) is 11.4 Å². The Kier molecular flexibility index (Phi) is 3.86. The highest BCUT2D eigenvalue weighted by atomic mass is 16.4. The Morgan fingerprint density at radius 3 is 2.48 bits per heavy atom. The fourth-order valence-electron chi connectivity index (χ4n) is 3.80. The van der Waals surface area contributed by atoms with Crippen LogP contribution in [0.5, 0.6) is 0 Å². The molecule has 0 unspecified atom stereocenters. The number of oxazole rings is 1. The van der Waals surface area contributed by atoms with E-state index in [1.54, 1.807) is 6.07 Å². The molecule has 0 aliphatic carbocycles. The van der Waals surface area contributed by atoms with E-state index < -0.39 is 0 Å². The van der Waals surface area contributed by atoms with Gasteiger partial charge in [0, 0.05) is 22.0 Å². The molecule has 2 heterocycles. The maximum atomic E-state index is 12.7. The van der Waals surface area contributed by atoms with Crippen molar-refractivity contribution in [3.05, 3.63) is 96.8 Å². The van der Waals surface area contributed by atoms with Crippen LogP contribution in [0.4, 0.5) is 5.69 Å². The third kappa shape index (κ3) is 3.04. The molecule has 6 aromatic rings. The largest absolute Gasteiger partial charge is 0.451 e. The number of carbonyl (C=O) groups excluding carboxylic acids is 1. The topological polar surface area (TPSA) is 68.3 Å². The Bertz CT molecular complexity index is 1560. The number of nitrogens with one attached hydrogen (secondary N) is 1. The highest BCUT2D eigenvalue weighted by Crippen LogP contribution is 2.30. The summed E-state index contributed by atoms with van der Waals surface area (Å²) in [5.74, 6) is 0.461. The Labute approximate surface area is 176 Å². The van der Waals surface area contributed by atoms with Gasteiger partial charge >= 0.3 is 0 Å². The fourth-order valence-corrected chi connectivity index (χ4v) is 3.80. The van der Waals surface area contributed by atoms with Gasteiger partial charge in [0.2, 0.25) is 5.89 Å². The maximum Gasteiger partial charge on any atom is 0.291 e. The summed E-state index contributed by atoms with van der Waals surface area (Å²) >= 11 is 0. The average molecular weight is 404 g/mol. The lowest BCUT2D eigenvalue weighted by molar-refractivity contribution is 0.0998. The van der Waals surface area contributed by atoms with Crippen molar-refractivity contribution in [1.29, 1.82) is 0 Å². The lowest BCUT2D eigenvalue weighted by atomic mass is 10.1. The van der Waals surface area contributed by atoms with Gasteiger partial charge in [-0.15, -0.1) is 0 Å². The van der Waals surface area contributed by atoms with Crippen LogP contribution < -0.4 is 5.32 Å². The Morgan fingerprint density at radius 2 is 1.58 bits per heavy atom. The van der Waals surface area contributed by atoms with E-state index in [0.29, 0.717) is 17.2 Å². The first-order valence-corrected chi connectivity index (χ1v) is 9.93. The van der Waals surface area contributed by atoms with Crippen LogP contribution in [0.1, 0.15) is 10.6 Å². The second-order valence-corrected chi connectivity index (χ2v) is 7.34. The zero-order valence-corrected chi connectivity index (χ0v) is 16.3. The Balaban J connectivity index is 1.33. The number of furan rings is 1. The molecule has 6 rings (SSSR count). The van der Waals surface area contributed by atoms with Crippen molar-refractivity contribution in [2.24, 2.45) is 0 Å². The van der Waals surface area contributed by atoms with Gasteiger partial charge in [-0.3, -0.25) is 4.79 Å². The van der Waals surface area contributed by atoms with Gasteiger partial charge in [0.05, 0.1) is 0 Å². The van der Waals surface area contributed by atoms with Crippen LogP contribution in [0.2, 0.25) is 0 Å². The van der Waals surface area contributed by atoms with Gasteiger partial charge in [0.15, 0.2) is 11.3 Å². The van der Waals surface area contributed by atoms with Gasteiger partial charge in [-0.1, -0.05) is 54.6 Å². The fraction of sp³-hybridized carbons (Fsp3) is 0. The summed E-state index contributed by atoms with van der Waals surface area (Å²) < 4.78 is 11.7. The molecule has 0 aliphatic rings. The van der Waals surface area contributed by atoms with Crippen LogP contribution in [-0.4, -0.2) is 10.9 Å². The van der Waals surface area contributed by atoms with Crippen LogP contribution in [0.15, 0.2) is 99.8 Å². The second kappa shape index (κ2) is 6.85. The molecule has 0 bridgehead atoms. The number of carbonyl (C=O) groups is 1. The summed E-state index contributed by atoms with van der Waals surface area (Å²) in [5, 5.41) is 5.94. The molecule has 5 heteroatoms. The summed E-state index contributed by atoms with van der Waals surface area (Å²) in [6.45, 7) is 0. The van der Waals surface area contributed by atoms with Gasteiger partial charge < -0.3 is 14.2 Å². The van der Waals surface area contributed by atoms with E-state index in [9.17, 15) is 4.79 Å². The molecule has 5 nitrogen and oxygen atoms in total. The van der Waals surface area contributed by atoms with Crippen molar-refractivity contribution < 1.29 is 13.6 Å². The van der Waals surface area contributed by atoms with E-state index in [1.807, 2.05) is 78.9 Å². The molecule has 1 N–H and O–H groups in total. The van der Waals surface area contributed by atoms with Crippen LogP contribution >= 0.6 is 0 Å². The monoisotopic (exact) mass is 404 g/mol. The van der Waals surface area contributed by atoms with E-state index in [-0.39, 0.29) is 11.7 Å². The summed E-state index contributed by atoms with van der Waals surface area (Å²) in [4.78, 5) is 17.4. The number of benzene rings is 4. The summed E-state index contributed by atoms with van der Waals surface area (Å²) in [5.41, 5.74) is 3.65. The van der Waals surface area contributed by atoms with Crippen molar-refractivity contribution in [3.63, 3.8) is 0 Å². The van der Waals surface area contributed by atoms with Gasteiger partial charge in [-0.25, -0.2) is 4.98 Å². The molecular weight excluding hydrogens is 388 g/mol. The summed E-state index contributed by atoms with van der Waals surface area (Å²) in [6, 6.07) is 28.7. The highest BCUT2D eigenvalue weighted by molar-refractivity contribution is 6.05. The number of rotatable bonds is 3. The molecule has 0 radical (unpaired) electrons. The van der Waals surface area contributed by atoms with Crippen LogP contribution in [-0.2, 0) is 0 Å². The van der Waals surface area contributed by atoms with E-state index >= 15 is 0 Å². The molecule has 2 aromatic heterocycles. The molecule has 0 atom stereocenters. The zero-order valence-electron chi connectivity index (χ0n) is 16.3. The van der Waals surface area contributed by atoms with E-state index in [0.717, 1.165) is 32.8 Å². The third-order valence-corrected chi connectivity index (χ3v) is 5.30. The van der Waals surface area contributed by atoms with Gasteiger partial charge in [-0.05, 0) is 41.8 Å². The summed E-state index contributed by atoms with van der Waals surface area (Å²) in [7, 11) is 0. The Hall–Kier alpha value is -4.38. The molecule has 1 amide bonds. The number of hydrogen-bond donors (Lipinski definition) is 1. The first kappa shape index (κ1) is 17.5. The minimum atomic E-state index is -0.308. The first-order valence-electron chi connectivity index (χ1n) is 9.93. The molecule has 31 heavy (non-hydrogen) atoms.